The summed E-state index contributed by atoms with van der Waals surface area (Å²) < 4.78 is 0. The van der Waals surface area contributed by atoms with Crippen molar-refractivity contribution in [2.24, 2.45) is 0 Å². The first kappa shape index (κ1) is 12.4. The Morgan fingerprint density at radius 2 is 2.41 bits per heavy atom. The minimum absolute atomic E-state index is 0.164. The van der Waals surface area contributed by atoms with Gasteiger partial charge in [0.1, 0.15) is 5.82 Å². The molecule has 2 N–H and O–H groups in total. The van der Waals surface area contributed by atoms with Crippen molar-refractivity contribution in [1.82, 2.24) is 20.5 Å². The van der Waals surface area contributed by atoms with Crippen LogP contribution in [0.1, 0.15) is 42.6 Å². The lowest BCUT2D eigenvalue weighted by Crippen LogP contribution is -2.39. The highest BCUT2D eigenvalue weighted by molar-refractivity contribution is 7.99. The average molecular weight is 254 g/mol. The maximum Gasteiger partial charge on any atom is 0.291 e. The van der Waals surface area contributed by atoms with Crippen LogP contribution in [0, 0.1) is 6.92 Å². The Hall–Kier alpha value is -1.04. The predicted molar refractivity (Wildman–Crippen MR) is 68.1 cm³/mol. The standard InChI is InChI=1S/C11H18N4OS/c1-3-17-9-6-4-5-8(9)13-11(16)10-12-7(2)14-15-10/h8-9H,3-6H2,1-2H3,(H,13,16)(H,12,14,15). The van der Waals surface area contributed by atoms with E-state index in [1.165, 1.54) is 12.8 Å². The first-order valence-corrected chi connectivity index (χ1v) is 7.07. The molecule has 1 aliphatic rings. The summed E-state index contributed by atoms with van der Waals surface area (Å²) in [6.45, 7) is 3.94. The molecule has 94 valence electrons. The largest absolute Gasteiger partial charge is 0.345 e. The normalized spacial score (nSPS) is 23.9. The van der Waals surface area contributed by atoms with Gasteiger partial charge in [-0.25, -0.2) is 4.98 Å². The van der Waals surface area contributed by atoms with Crippen molar-refractivity contribution in [3.05, 3.63) is 11.6 Å². The quantitative estimate of drug-likeness (QED) is 0.854. The number of hydrogen-bond donors (Lipinski definition) is 2. The number of nitrogens with zero attached hydrogens (tertiary/aromatic N) is 2. The Morgan fingerprint density at radius 1 is 1.59 bits per heavy atom. The number of carbonyl (C=O) groups is 1. The molecule has 1 aliphatic carbocycles. The van der Waals surface area contributed by atoms with Crippen LogP contribution in [-0.4, -0.2) is 38.1 Å². The van der Waals surface area contributed by atoms with Gasteiger partial charge in [-0.15, -0.1) is 5.10 Å². The molecule has 0 radical (unpaired) electrons. The first-order valence-electron chi connectivity index (χ1n) is 6.02. The lowest BCUT2D eigenvalue weighted by molar-refractivity contribution is 0.0928. The van der Waals surface area contributed by atoms with Gasteiger partial charge in [0.05, 0.1) is 0 Å². The second-order valence-corrected chi connectivity index (χ2v) is 5.77. The molecule has 1 fully saturated rings. The topological polar surface area (TPSA) is 70.7 Å². The van der Waals surface area contributed by atoms with E-state index in [1.54, 1.807) is 6.92 Å². The fourth-order valence-corrected chi connectivity index (χ4v) is 3.38. The van der Waals surface area contributed by atoms with E-state index < -0.39 is 0 Å². The Bertz CT molecular complexity index is 393. The Labute approximate surface area is 105 Å². The van der Waals surface area contributed by atoms with Gasteiger partial charge in [-0.1, -0.05) is 13.3 Å². The summed E-state index contributed by atoms with van der Waals surface area (Å²) in [5, 5.41) is 10.1. The molecule has 1 saturated carbocycles. The van der Waals surface area contributed by atoms with Crippen LogP contribution in [0.15, 0.2) is 0 Å². The maximum absolute atomic E-state index is 11.9. The highest BCUT2D eigenvalue weighted by Crippen LogP contribution is 2.29. The zero-order valence-electron chi connectivity index (χ0n) is 10.2. The molecule has 17 heavy (non-hydrogen) atoms. The Balaban J connectivity index is 1.94. The van der Waals surface area contributed by atoms with Gasteiger partial charge in [0.2, 0.25) is 5.82 Å². The molecule has 2 atom stereocenters. The van der Waals surface area contributed by atoms with Gasteiger partial charge < -0.3 is 5.32 Å². The lowest BCUT2D eigenvalue weighted by Gasteiger charge is -2.19. The van der Waals surface area contributed by atoms with Crippen molar-refractivity contribution in [2.75, 3.05) is 5.75 Å². The third-order valence-corrected chi connectivity index (χ3v) is 4.28. The van der Waals surface area contributed by atoms with Crippen molar-refractivity contribution >= 4 is 17.7 Å². The monoisotopic (exact) mass is 254 g/mol. The molecule has 2 rings (SSSR count). The van der Waals surface area contributed by atoms with Crippen molar-refractivity contribution in [3.63, 3.8) is 0 Å². The van der Waals surface area contributed by atoms with E-state index in [2.05, 4.69) is 27.4 Å². The number of aryl methyl sites for hydroxylation is 1. The second kappa shape index (κ2) is 5.53. The van der Waals surface area contributed by atoms with Crippen LogP contribution in [0.3, 0.4) is 0 Å². The zero-order valence-corrected chi connectivity index (χ0v) is 11.0. The molecule has 1 aromatic heterocycles. The third kappa shape index (κ3) is 3.00. The van der Waals surface area contributed by atoms with Gasteiger partial charge in [0.15, 0.2) is 0 Å². The molecule has 1 amide bonds. The number of thioether (sulfide) groups is 1. The number of rotatable bonds is 4. The van der Waals surface area contributed by atoms with Gasteiger partial charge in [-0.3, -0.25) is 9.89 Å². The van der Waals surface area contributed by atoms with Crippen LogP contribution in [0.5, 0.6) is 0 Å². The summed E-state index contributed by atoms with van der Waals surface area (Å²) in [6.07, 6.45) is 3.44. The fraction of sp³-hybridized carbons (Fsp3) is 0.727. The van der Waals surface area contributed by atoms with Crippen LogP contribution >= 0.6 is 11.8 Å². The number of aromatic amines is 1. The molecule has 0 aromatic carbocycles. The van der Waals surface area contributed by atoms with Crippen LogP contribution < -0.4 is 5.32 Å². The van der Waals surface area contributed by atoms with E-state index in [-0.39, 0.29) is 17.8 Å². The van der Waals surface area contributed by atoms with Gasteiger partial charge in [0, 0.05) is 11.3 Å². The van der Waals surface area contributed by atoms with Gasteiger partial charge >= 0.3 is 0 Å². The van der Waals surface area contributed by atoms with E-state index in [1.807, 2.05) is 11.8 Å². The molecule has 1 heterocycles. The van der Waals surface area contributed by atoms with E-state index in [9.17, 15) is 4.79 Å². The summed E-state index contributed by atoms with van der Waals surface area (Å²) in [5.74, 6) is 1.84. The number of amides is 1. The van der Waals surface area contributed by atoms with Crippen LogP contribution in [0.25, 0.3) is 0 Å². The van der Waals surface area contributed by atoms with Crippen molar-refractivity contribution < 1.29 is 4.79 Å². The summed E-state index contributed by atoms with van der Waals surface area (Å²) in [4.78, 5) is 15.9. The highest BCUT2D eigenvalue weighted by atomic mass is 32.2. The van der Waals surface area contributed by atoms with Crippen molar-refractivity contribution in [2.45, 2.75) is 44.4 Å². The van der Waals surface area contributed by atoms with E-state index >= 15 is 0 Å². The number of H-pyrrole nitrogens is 1. The van der Waals surface area contributed by atoms with Gasteiger partial charge in [0.25, 0.3) is 5.91 Å². The van der Waals surface area contributed by atoms with Gasteiger partial charge in [-0.2, -0.15) is 11.8 Å². The smallest absolute Gasteiger partial charge is 0.291 e. The SMILES string of the molecule is CCSC1CCCC1NC(=O)c1n[nH]c(C)n1. The van der Waals surface area contributed by atoms with Crippen LogP contribution in [-0.2, 0) is 0 Å². The molecule has 0 saturated heterocycles. The molecule has 0 aliphatic heterocycles. The highest BCUT2D eigenvalue weighted by Gasteiger charge is 2.29. The number of hydrogen-bond acceptors (Lipinski definition) is 4. The fourth-order valence-electron chi connectivity index (χ4n) is 2.18. The lowest BCUT2D eigenvalue weighted by atomic mass is 10.2. The Morgan fingerprint density at radius 3 is 3.06 bits per heavy atom. The first-order chi connectivity index (χ1) is 8.20. The predicted octanol–water partition coefficient (Wildman–Crippen LogP) is 1.52. The van der Waals surface area contributed by atoms with Crippen LogP contribution in [0.2, 0.25) is 0 Å². The summed E-state index contributed by atoms with van der Waals surface area (Å²) >= 11 is 1.93. The minimum atomic E-state index is -0.164. The molecule has 2 unspecified atom stereocenters. The maximum atomic E-state index is 11.9. The minimum Gasteiger partial charge on any atom is -0.345 e. The molecular formula is C11H18N4OS. The molecular weight excluding hydrogens is 236 g/mol. The van der Waals surface area contributed by atoms with Crippen LogP contribution in [0.4, 0.5) is 0 Å². The van der Waals surface area contributed by atoms with E-state index in [0.29, 0.717) is 11.1 Å². The number of carbonyl (C=O) groups excluding carboxylic acids is 1. The van der Waals surface area contributed by atoms with E-state index in [0.717, 1.165) is 12.2 Å². The zero-order chi connectivity index (χ0) is 12.3. The average Bonchev–Trinajstić information content (AvgIpc) is 2.89. The van der Waals surface area contributed by atoms with Crippen molar-refractivity contribution in [1.29, 1.82) is 0 Å². The van der Waals surface area contributed by atoms with E-state index in [4.69, 9.17) is 0 Å². The molecule has 1 aromatic rings. The summed E-state index contributed by atoms with van der Waals surface area (Å²) in [6, 6.07) is 0.270. The van der Waals surface area contributed by atoms with Gasteiger partial charge in [-0.05, 0) is 25.5 Å². The molecule has 5 nitrogen and oxygen atoms in total. The van der Waals surface area contributed by atoms with Crippen molar-refractivity contribution in [3.8, 4) is 0 Å². The summed E-state index contributed by atoms with van der Waals surface area (Å²) in [5.41, 5.74) is 0. The number of aromatic nitrogens is 3. The third-order valence-electron chi connectivity index (χ3n) is 2.95. The Kier molecular flexibility index (Phi) is 4.04. The second-order valence-electron chi connectivity index (χ2n) is 4.25. The summed E-state index contributed by atoms with van der Waals surface area (Å²) in [7, 11) is 0. The molecule has 0 bridgehead atoms. The number of nitrogens with one attached hydrogen (secondary N) is 2. The molecule has 6 heteroatoms. The molecule has 0 spiro atoms.